The van der Waals surface area contributed by atoms with Crippen LogP contribution in [0.4, 0.5) is 5.69 Å². The van der Waals surface area contributed by atoms with Crippen LogP contribution in [0.25, 0.3) is 0 Å². The average molecular weight is 311 g/mol. The van der Waals surface area contributed by atoms with Crippen LogP contribution in [0.1, 0.15) is 24.5 Å². The zero-order valence-electron chi connectivity index (χ0n) is 12.9. The van der Waals surface area contributed by atoms with Crippen LogP contribution in [0.3, 0.4) is 0 Å². The van der Waals surface area contributed by atoms with Crippen LogP contribution in [0.2, 0.25) is 0 Å². The molecule has 0 aliphatic carbocycles. The molecule has 1 aromatic heterocycles. The highest BCUT2D eigenvalue weighted by molar-refractivity contribution is 5.94. The lowest BCUT2D eigenvalue weighted by atomic mass is 10.1. The molecule has 0 bridgehead atoms. The van der Waals surface area contributed by atoms with Gasteiger partial charge in [-0.1, -0.05) is 6.92 Å². The van der Waals surface area contributed by atoms with Gasteiger partial charge in [-0.15, -0.1) is 0 Å². The van der Waals surface area contributed by atoms with Crippen molar-refractivity contribution in [3.8, 4) is 17.8 Å². The molecule has 1 atom stereocenters. The maximum atomic E-state index is 11.7. The lowest BCUT2D eigenvalue weighted by molar-refractivity contribution is -0.117. The minimum Gasteiger partial charge on any atom is -0.424 e. The van der Waals surface area contributed by atoms with Crippen LogP contribution in [-0.4, -0.2) is 21.9 Å². The molecule has 0 unspecified atom stereocenters. The van der Waals surface area contributed by atoms with E-state index in [4.69, 9.17) is 15.7 Å². The van der Waals surface area contributed by atoms with Crippen molar-refractivity contribution in [1.29, 1.82) is 5.26 Å². The molecule has 3 N–H and O–H groups in total. The summed E-state index contributed by atoms with van der Waals surface area (Å²) in [4.78, 5) is 19.8. The Balaban J connectivity index is 2.06. The fourth-order valence-electron chi connectivity index (χ4n) is 1.79. The quantitative estimate of drug-likeness (QED) is 0.874. The number of aryl methyl sites for hydroxylation is 1. The Labute approximate surface area is 134 Å². The van der Waals surface area contributed by atoms with Crippen molar-refractivity contribution in [3.05, 3.63) is 41.7 Å². The number of nitrogens with two attached hydrogens (primary N) is 1. The smallest absolute Gasteiger partial charge is 0.322 e. The third-order valence-corrected chi connectivity index (χ3v) is 3.18. The molecule has 23 heavy (non-hydrogen) atoms. The maximum absolute atomic E-state index is 11.7. The molecule has 2 aromatic rings. The van der Waals surface area contributed by atoms with E-state index in [-0.39, 0.29) is 11.9 Å². The molecule has 0 fully saturated rings. The predicted octanol–water partition coefficient (Wildman–Crippen LogP) is 2.12. The topological polar surface area (TPSA) is 114 Å². The molecule has 0 saturated carbocycles. The van der Waals surface area contributed by atoms with Crippen molar-refractivity contribution in [2.45, 2.75) is 26.3 Å². The van der Waals surface area contributed by atoms with E-state index in [9.17, 15) is 4.79 Å². The number of ether oxygens (including phenoxy) is 1. The Hall–Kier alpha value is -2.98. The van der Waals surface area contributed by atoms with Gasteiger partial charge in [0.15, 0.2) is 0 Å². The summed E-state index contributed by atoms with van der Waals surface area (Å²) in [5, 5.41) is 11.5. The largest absolute Gasteiger partial charge is 0.424 e. The molecule has 1 heterocycles. The van der Waals surface area contributed by atoms with Gasteiger partial charge in [-0.2, -0.15) is 5.26 Å². The van der Waals surface area contributed by atoms with Gasteiger partial charge in [0.1, 0.15) is 5.75 Å². The number of carbonyl (C=O) groups is 1. The molecular weight excluding hydrogens is 294 g/mol. The Bertz CT molecular complexity index is 737. The van der Waals surface area contributed by atoms with Crippen molar-refractivity contribution in [3.63, 3.8) is 0 Å². The SMILES string of the molecule is CC[C@@H](N)C(=O)Nc1cnc(Oc2ccc(C#N)cc2C)nc1. The number of anilines is 1. The minimum absolute atomic E-state index is 0.149. The second kappa shape index (κ2) is 7.33. The Morgan fingerprint density at radius 1 is 1.43 bits per heavy atom. The van der Waals surface area contributed by atoms with Gasteiger partial charge in [0.2, 0.25) is 5.91 Å². The van der Waals surface area contributed by atoms with Gasteiger partial charge in [0, 0.05) is 0 Å². The zero-order valence-corrected chi connectivity index (χ0v) is 12.9. The molecule has 1 aromatic carbocycles. The number of carbonyl (C=O) groups excluding carboxylic acids is 1. The lowest BCUT2D eigenvalue weighted by Crippen LogP contribution is -2.34. The van der Waals surface area contributed by atoms with Gasteiger partial charge >= 0.3 is 6.01 Å². The molecule has 7 nitrogen and oxygen atoms in total. The molecule has 7 heteroatoms. The number of hydrogen-bond acceptors (Lipinski definition) is 6. The van der Waals surface area contributed by atoms with Crippen molar-refractivity contribution in [2.24, 2.45) is 5.73 Å². The van der Waals surface area contributed by atoms with Gasteiger partial charge in [0.25, 0.3) is 0 Å². The summed E-state index contributed by atoms with van der Waals surface area (Å²) >= 11 is 0. The summed E-state index contributed by atoms with van der Waals surface area (Å²) in [5.41, 5.74) is 7.44. The van der Waals surface area contributed by atoms with E-state index in [0.29, 0.717) is 23.4 Å². The van der Waals surface area contributed by atoms with Gasteiger partial charge < -0.3 is 15.8 Å². The molecule has 0 aliphatic rings. The average Bonchev–Trinajstić information content (AvgIpc) is 2.57. The van der Waals surface area contributed by atoms with Gasteiger partial charge in [-0.05, 0) is 37.1 Å². The number of aromatic nitrogens is 2. The van der Waals surface area contributed by atoms with Crippen LogP contribution >= 0.6 is 0 Å². The van der Waals surface area contributed by atoms with E-state index in [1.807, 2.05) is 13.8 Å². The summed E-state index contributed by atoms with van der Waals surface area (Å²) in [5.74, 6) is 0.279. The minimum atomic E-state index is -0.563. The maximum Gasteiger partial charge on any atom is 0.322 e. The normalized spacial score (nSPS) is 11.4. The predicted molar refractivity (Wildman–Crippen MR) is 84.9 cm³/mol. The molecular formula is C16H17N5O2. The monoisotopic (exact) mass is 311 g/mol. The zero-order chi connectivity index (χ0) is 16.8. The van der Waals surface area contributed by atoms with E-state index in [0.717, 1.165) is 5.56 Å². The first-order chi connectivity index (χ1) is 11.0. The highest BCUT2D eigenvalue weighted by Crippen LogP contribution is 2.23. The first-order valence-corrected chi connectivity index (χ1v) is 7.10. The second-order valence-corrected chi connectivity index (χ2v) is 4.95. The molecule has 0 spiro atoms. The van der Waals surface area contributed by atoms with Gasteiger partial charge in [-0.25, -0.2) is 9.97 Å². The van der Waals surface area contributed by atoms with Crippen LogP contribution < -0.4 is 15.8 Å². The highest BCUT2D eigenvalue weighted by Gasteiger charge is 2.11. The number of rotatable bonds is 5. The van der Waals surface area contributed by atoms with Crippen molar-refractivity contribution in [2.75, 3.05) is 5.32 Å². The van der Waals surface area contributed by atoms with Crippen LogP contribution in [0, 0.1) is 18.3 Å². The first-order valence-electron chi connectivity index (χ1n) is 7.10. The number of nitrogens with zero attached hydrogens (tertiary/aromatic N) is 3. The first kappa shape index (κ1) is 16.4. The standard InChI is InChI=1S/C16H17N5O2/c1-3-13(18)15(22)21-12-8-19-16(20-9-12)23-14-5-4-11(7-17)6-10(14)2/h4-6,8-9,13H,3,18H2,1-2H3,(H,21,22)/t13-/m1/s1. The summed E-state index contributed by atoms with van der Waals surface area (Å²) in [6.45, 7) is 3.66. The molecule has 0 saturated heterocycles. The Morgan fingerprint density at radius 3 is 2.70 bits per heavy atom. The number of nitrogens with one attached hydrogen (secondary N) is 1. The number of hydrogen-bond donors (Lipinski definition) is 2. The van der Waals surface area contributed by atoms with E-state index >= 15 is 0 Å². The van der Waals surface area contributed by atoms with Crippen molar-refractivity contribution in [1.82, 2.24) is 9.97 Å². The molecule has 2 rings (SSSR count). The van der Waals surface area contributed by atoms with Crippen LogP contribution in [0.15, 0.2) is 30.6 Å². The number of amides is 1. The fourth-order valence-corrected chi connectivity index (χ4v) is 1.79. The number of benzene rings is 1. The van der Waals surface area contributed by atoms with Gasteiger partial charge in [-0.3, -0.25) is 4.79 Å². The summed E-state index contributed by atoms with van der Waals surface area (Å²) in [7, 11) is 0. The summed E-state index contributed by atoms with van der Waals surface area (Å²) in [6, 6.07) is 6.71. The van der Waals surface area contributed by atoms with E-state index in [2.05, 4.69) is 21.4 Å². The van der Waals surface area contributed by atoms with Crippen LogP contribution in [0.5, 0.6) is 11.8 Å². The highest BCUT2D eigenvalue weighted by atomic mass is 16.5. The van der Waals surface area contributed by atoms with Gasteiger partial charge in [0.05, 0.1) is 35.8 Å². The summed E-state index contributed by atoms with van der Waals surface area (Å²) in [6.07, 6.45) is 3.44. The third kappa shape index (κ3) is 4.25. The Morgan fingerprint density at radius 2 is 2.13 bits per heavy atom. The van der Waals surface area contributed by atoms with E-state index in [1.165, 1.54) is 12.4 Å². The number of nitriles is 1. The molecule has 0 radical (unpaired) electrons. The summed E-state index contributed by atoms with van der Waals surface area (Å²) < 4.78 is 5.57. The molecule has 118 valence electrons. The van der Waals surface area contributed by atoms with Crippen molar-refractivity contribution >= 4 is 11.6 Å². The van der Waals surface area contributed by atoms with E-state index < -0.39 is 6.04 Å². The lowest BCUT2D eigenvalue weighted by Gasteiger charge is -2.10. The Kier molecular flexibility index (Phi) is 5.23. The second-order valence-electron chi connectivity index (χ2n) is 4.95. The fraction of sp³-hybridized carbons (Fsp3) is 0.250. The molecule has 0 aliphatic heterocycles. The molecule has 1 amide bonds. The van der Waals surface area contributed by atoms with E-state index in [1.54, 1.807) is 18.2 Å². The van der Waals surface area contributed by atoms with Crippen molar-refractivity contribution < 1.29 is 9.53 Å². The van der Waals surface area contributed by atoms with Crippen LogP contribution in [-0.2, 0) is 4.79 Å². The third-order valence-electron chi connectivity index (χ3n) is 3.18.